The number of carbonyl (C=O) groups excluding carboxylic acids is 1. The summed E-state index contributed by atoms with van der Waals surface area (Å²) in [5.74, 6) is 0. The van der Waals surface area contributed by atoms with E-state index in [1.165, 1.54) is 4.90 Å². The van der Waals surface area contributed by atoms with Crippen LogP contribution in [0, 0.1) is 3.57 Å². The normalized spacial score (nSPS) is 9.27. The van der Waals surface area contributed by atoms with Crippen molar-refractivity contribution in [2.24, 2.45) is 0 Å². The second kappa shape index (κ2) is 3.71. The summed E-state index contributed by atoms with van der Waals surface area (Å²) in [5.41, 5.74) is 0.892. The summed E-state index contributed by atoms with van der Waals surface area (Å²) in [7, 11) is 1.69. The monoisotopic (exact) mass is 260 g/mol. The van der Waals surface area contributed by atoms with Crippen molar-refractivity contribution >= 4 is 34.7 Å². The van der Waals surface area contributed by atoms with Gasteiger partial charge in [-0.25, -0.2) is 0 Å². The van der Waals surface area contributed by atoms with Crippen molar-refractivity contribution in [1.29, 1.82) is 0 Å². The first kappa shape index (κ1) is 8.52. The van der Waals surface area contributed by atoms with Crippen molar-refractivity contribution in [1.82, 2.24) is 0 Å². The van der Waals surface area contributed by atoms with Crippen LogP contribution in [0.15, 0.2) is 24.3 Å². The van der Waals surface area contributed by atoms with Gasteiger partial charge in [-0.1, -0.05) is 12.1 Å². The lowest BCUT2D eigenvalue weighted by Gasteiger charge is -2.10. The molecule has 0 aliphatic carbocycles. The molecule has 0 atom stereocenters. The Bertz CT molecular complexity index is 262. The maximum atomic E-state index is 10.3. The molecular formula is C8H7INO. The van der Waals surface area contributed by atoms with Gasteiger partial charge < -0.3 is 4.90 Å². The first-order valence-corrected chi connectivity index (χ1v) is 4.19. The average Bonchev–Trinajstić information content (AvgIpc) is 2.04. The third kappa shape index (κ3) is 1.92. The minimum Gasteiger partial charge on any atom is -0.306 e. The highest BCUT2D eigenvalue weighted by Crippen LogP contribution is 2.19. The summed E-state index contributed by atoms with van der Waals surface area (Å²) in [6.07, 6.45) is 1.80. The molecule has 0 aliphatic rings. The predicted molar refractivity (Wildman–Crippen MR) is 53.3 cm³/mol. The molecule has 2 nitrogen and oxygen atoms in total. The Morgan fingerprint density at radius 1 is 1.45 bits per heavy atom. The van der Waals surface area contributed by atoms with Crippen molar-refractivity contribution < 1.29 is 4.79 Å². The summed E-state index contributed by atoms with van der Waals surface area (Å²) >= 11 is 2.18. The lowest BCUT2D eigenvalue weighted by Crippen LogP contribution is -2.14. The molecule has 0 aromatic heterocycles. The van der Waals surface area contributed by atoms with Crippen LogP contribution < -0.4 is 4.90 Å². The Balaban J connectivity index is 3.02. The molecule has 1 rings (SSSR count). The fourth-order valence-corrected chi connectivity index (χ4v) is 1.52. The molecule has 1 aromatic carbocycles. The molecule has 0 bridgehead atoms. The second-order valence-electron chi connectivity index (χ2n) is 2.10. The van der Waals surface area contributed by atoms with E-state index < -0.39 is 0 Å². The van der Waals surface area contributed by atoms with E-state index >= 15 is 0 Å². The SMILES string of the molecule is CN([C]=O)c1ccccc1I. The van der Waals surface area contributed by atoms with Gasteiger partial charge in [0.15, 0.2) is 0 Å². The standard InChI is InChI=1S/C8H7INO/c1-10(6-11)8-5-3-2-4-7(8)9/h2-5H,1H3. The van der Waals surface area contributed by atoms with Gasteiger partial charge in [0.2, 0.25) is 0 Å². The van der Waals surface area contributed by atoms with Crippen LogP contribution in [0.5, 0.6) is 0 Å². The van der Waals surface area contributed by atoms with Gasteiger partial charge in [0.05, 0.1) is 5.69 Å². The van der Waals surface area contributed by atoms with Crippen LogP contribution in [0.3, 0.4) is 0 Å². The third-order valence-corrected chi connectivity index (χ3v) is 2.26. The van der Waals surface area contributed by atoms with E-state index in [-0.39, 0.29) is 0 Å². The molecule has 1 amide bonds. The zero-order valence-electron chi connectivity index (χ0n) is 6.04. The molecule has 0 saturated carbocycles. The van der Waals surface area contributed by atoms with Crippen LogP contribution >= 0.6 is 22.6 Å². The number of anilines is 1. The topological polar surface area (TPSA) is 20.3 Å². The molecule has 0 saturated heterocycles. The molecule has 0 spiro atoms. The Kier molecular flexibility index (Phi) is 2.87. The molecular weight excluding hydrogens is 253 g/mol. The highest BCUT2D eigenvalue weighted by Gasteiger charge is 2.02. The number of amides is 1. The molecule has 57 valence electrons. The van der Waals surface area contributed by atoms with Gasteiger partial charge in [0.25, 0.3) is 0 Å². The van der Waals surface area contributed by atoms with Gasteiger partial charge in [-0.3, -0.25) is 4.79 Å². The largest absolute Gasteiger partial charge is 0.316 e. The Hall–Kier alpha value is -0.580. The number of hydrogen-bond acceptors (Lipinski definition) is 1. The van der Waals surface area contributed by atoms with E-state index in [0.717, 1.165) is 9.26 Å². The van der Waals surface area contributed by atoms with E-state index in [1.54, 1.807) is 13.5 Å². The highest BCUT2D eigenvalue weighted by molar-refractivity contribution is 14.1. The summed E-state index contributed by atoms with van der Waals surface area (Å²) in [6.45, 7) is 0. The first-order valence-electron chi connectivity index (χ1n) is 3.11. The van der Waals surface area contributed by atoms with E-state index in [4.69, 9.17) is 0 Å². The number of benzene rings is 1. The van der Waals surface area contributed by atoms with Crippen molar-refractivity contribution in [3.8, 4) is 0 Å². The molecule has 0 unspecified atom stereocenters. The molecule has 0 fully saturated rings. The van der Waals surface area contributed by atoms with Crippen molar-refractivity contribution in [2.45, 2.75) is 0 Å². The Morgan fingerprint density at radius 2 is 2.09 bits per heavy atom. The summed E-state index contributed by atoms with van der Waals surface area (Å²) in [5, 5.41) is 0. The molecule has 11 heavy (non-hydrogen) atoms. The molecule has 0 heterocycles. The molecule has 0 N–H and O–H groups in total. The van der Waals surface area contributed by atoms with Gasteiger partial charge in [-0.15, -0.1) is 0 Å². The maximum absolute atomic E-state index is 10.3. The van der Waals surface area contributed by atoms with E-state index in [9.17, 15) is 4.79 Å². The quantitative estimate of drug-likeness (QED) is 0.586. The Morgan fingerprint density at radius 3 is 2.64 bits per heavy atom. The second-order valence-corrected chi connectivity index (χ2v) is 3.26. The van der Waals surface area contributed by atoms with Crippen molar-refractivity contribution in [3.05, 3.63) is 27.8 Å². The van der Waals surface area contributed by atoms with E-state index in [0.29, 0.717) is 0 Å². The smallest absolute Gasteiger partial charge is 0.306 e. The minimum atomic E-state index is 0.892. The summed E-state index contributed by atoms with van der Waals surface area (Å²) < 4.78 is 1.05. The zero-order valence-corrected chi connectivity index (χ0v) is 8.20. The summed E-state index contributed by atoms with van der Waals surface area (Å²) in [6, 6.07) is 7.66. The zero-order chi connectivity index (χ0) is 8.27. The maximum Gasteiger partial charge on any atom is 0.316 e. The fourth-order valence-electron chi connectivity index (χ4n) is 0.773. The van der Waals surface area contributed by atoms with Gasteiger partial charge >= 0.3 is 6.41 Å². The molecule has 3 heteroatoms. The van der Waals surface area contributed by atoms with Crippen molar-refractivity contribution in [3.63, 3.8) is 0 Å². The van der Waals surface area contributed by atoms with Crippen molar-refractivity contribution in [2.75, 3.05) is 11.9 Å². The van der Waals surface area contributed by atoms with Gasteiger partial charge in [-0.05, 0) is 34.7 Å². The van der Waals surface area contributed by atoms with Gasteiger partial charge in [0, 0.05) is 10.6 Å². The Labute approximate surface area is 79.3 Å². The fraction of sp³-hybridized carbons (Fsp3) is 0.125. The van der Waals surface area contributed by atoms with Crippen LogP contribution in [0.4, 0.5) is 5.69 Å². The highest BCUT2D eigenvalue weighted by atomic mass is 127. The third-order valence-electron chi connectivity index (χ3n) is 1.35. The molecule has 1 radical (unpaired) electrons. The predicted octanol–water partition coefficient (Wildman–Crippen LogP) is 1.79. The van der Waals surface area contributed by atoms with E-state index in [2.05, 4.69) is 22.6 Å². The molecule has 1 aromatic rings. The van der Waals surface area contributed by atoms with Crippen LogP contribution in [0.1, 0.15) is 0 Å². The van der Waals surface area contributed by atoms with Crippen LogP contribution in [0.25, 0.3) is 0 Å². The number of nitrogens with zero attached hydrogens (tertiary/aromatic N) is 1. The number of halogens is 1. The van der Waals surface area contributed by atoms with Gasteiger partial charge in [-0.2, -0.15) is 0 Å². The summed E-state index contributed by atoms with van der Waals surface area (Å²) in [4.78, 5) is 11.7. The minimum absolute atomic E-state index is 0.892. The number of hydrogen-bond donors (Lipinski definition) is 0. The lowest BCUT2D eigenvalue weighted by atomic mass is 10.3. The average molecular weight is 260 g/mol. The van der Waals surface area contributed by atoms with Crippen LogP contribution in [-0.2, 0) is 4.79 Å². The van der Waals surface area contributed by atoms with Gasteiger partial charge in [0.1, 0.15) is 0 Å². The van der Waals surface area contributed by atoms with E-state index in [1.807, 2.05) is 24.3 Å². The molecule has 0 aliphatic heterocycles. The van der Waals surface area contributed by atoms with Crippen LogP contribution in [-0.4, -0.2) is 13.5 Å². The first-order chi connectivity index (χ1) is 5.25. The lowest BCUT2D eigenvalue weighted by molar-refractivity contribution is 0.554. The van der Waals surface area contributed by atoms with Crippen LogP contribution in [0.2, 0.25) is 0 Å². The number of rotatable bonds is 2. The number of para-hydroxylation sites is 1.